The van der Waals surface area contributed by atoms with Crippen LogP contribution in [0.5, 0.6) is 0 Å². The van der Waals surface area contributed by atoms with Gasteiger partial charge in [0, 0.05) is 26.3 Å². The Labute approximate surface area is 85.1 Å². The number of benzene rings is 1. The molecule has 78 valence electrons. The maximum atomic E-state index is 10.9. The molecular weight excluding hydrogens is 178 g/mol. The highest BCUT2D eigenvalue weighted by Crippen LogP contribution is 2.04. The number of anilines is 1. The lowest BCUT2D eigenvalue weighted by Gasteiger charge is -2.00. The molecule has 1 rings (SSSR count). The predicted octanol–water partition coefficient (Wildman–Crippen LogP) is 2.30. The van der Waals surface area contributed by atoms with Gasteiger partial charge in [-0.3, -0.25) is 4.79 Å². The maximum absolute atomic E-state index is 10.9. The van der Waals surface area contributed by atoms with Crippen LogP contribution in [0, 0.1) is 0 Å². The van der Waals surface area contributed by atoms with Gasteiger partial charge in [0.1, 0.15) is 0 Å². The zero-order valence-corrected chi connectivity index (χ0v) is 8.91. The van der Waals surface area contributed by atoms with Gasteiger partial charge in [-0.1, -0.05) is 25.1 Å². The molecule has 1 aromatic carbocycles. The fourth-order valence-electron chi connectivity index (χ4n) is 0.771. The van der Waals surface area contributed by atoms with Crippen molar-refractivity contribution in [3.8, 4) is 0 Å². The average molecular weight is 195 g/mol. The van der Waals surface area contributed by atoms with Crippen molar-refractivity contribution in [1.82, 2.24) is 0 Å². The molecule has 0 atom stereocenters. The normalized spacial score (nSPS) is 8.50. The summed E-state index contributed by atoms with van der Waals surface area (Å²) in [6.07, 6.45) is 0.523. The first-order chi connectivity index (χ1) is 6.74. The van der Waals surface area contributed by atoms with Gasteiger partial charge in [-0.15, -0.1) is 0 Å². The highest BCUT2D eigenvalue weighted by atomic mass is 16.4. The molecule has 0 unspecified atom stereocenters. The summed E-state index contributed by atoms with van der Waals surface area (Å²) in [6.45, 7) is 1.83. The maximum Gasteiger partial charge on any atom is 0.224 e. The summed E-state index contributed by atoms with van der Waals surface area (Å²) in [5.74, 6) is 0.0520. The van der Waals surface area contributed by atoms with Crippen molar-refractivity contribution in [2.75, 3.05) is 19.5 Å². The molecule has 0 aliphatic rings. The second-order valence-electron chi connectivity index (χ2n) is 2.68. The second-order valence-corrected chi connectivity index (χ2v) is 2.68. The molecule has 0 saturated carbocycles. The van der Waals surface area contributed by atoms with Gasteiger partial charge in [0.05, 0.1) is 0 Å². The van der Waals surface area contributed by atoms with Gasteiger partial charge in [0.25, 0.3) is 0 Å². The number of hydrogen-bond donors (Lipinski definition) is 1. The predicted molar refractivity (Wildman–Crippen MR) is 58.3 cm³/mol. The van der Waals surface area contributed by atoms with Crippen molar-refractivity contribution in [3.05, 3.63) is 30.3 Å². The SMILES string of the molecule is CCC(=O)Nc1ccccc1.COC. The minimum absolute atomic E-state index is 0.0520. The van der Waals surface area contributed by atoms with Gasteiger partial charge in [0.2, 0.25) is 5.91 Å². The molecule has 3 nitrogen and oxygen atoms in total. The Hall–Kier alpha value is -1.35. The minimum Gasteiger partial charge on any atom is -0.388 e. The van der Waals surface area contributed by atoms with Crippen LogP contribution in [0.3, 0.4) is 0 Å². The monoisotopic (exact) mass is 195 g/mol. The molecule has 0 saturated heterocycles. The molecule has 0 bridgehead atoms. The molecule has 3 heteroatoms. The van der Waals surface area contributed by atoms with E-state index in [1.165, 1.54) is 0 Å². The summed E-state index contributed by atoms with van der Waals surface area (Å²) >= 11 is 0. The van der Waals surface area contributed by atoms with E-state index < -0.39 is 0 Å². The van der Waals surface area contributed by atoms with Crippen LogP contribution in [0.25, 0.3) is 0 Å². The van der Waals surface area contributed by atoms with Crippen molar-refractivity contribution in [2.24, 2.45) is 0 Å². The van der Waals surface area contributed by atoms with Crippen LogP contribution < -0.4 is 5.32 Å². The fourth-order valence-corrected chi connectivity index (χ4v) is 0.771. The van der Waals surface area contributed by atoms with E-state index in [-0.39, 0.29) is 5.91 Å². The van der Waals surface area contributed by atoms with Crippen LogP contribution in [0.4, 0.5) is 5.69 Å². The average Bonchev–Trinajstić information content (AvgIpc) is 2.20. The Bertz CT molecular complexity index is 247. The highest BCUT2D eigenvalue weighted by molar-refractivity contribution is 5.90. The lowest BCUT2D eigenvalue weighted by molar-refractivity contribution is -0.115. The molecule has 1 N–H and O–H groups in total. The number of carbonyl (C=O) groups is 1. The van der Waals surface area contributed by atoms with E-state index in [1.807, 2.05) is 37.3 Å². The topological polar surface area (TPSA) is 38.3 Å². The van der Waals surface area contributed by atoms with Gasteiger partial charge in [0.15, 0.2) is 0 Å². The Morgan fingerprint density at radius 2 is 1.79 bits per heavy atom. The third-order valence-electron chi connectivity index (χ3n) is 1.38. The molecule has 0 radical (unpaired) electrons. The van der Waals surface area contributed by atoms with E-state index in [0.29, 0.717) is 6.42 Å². The number of methoxy groups -OCH3 is 1. The van der Waals surface area contributed by atoms with Gasteiger partial charge < -0.3 is 10.1 Å². The summed E-state index contributed by atoms with van der Waals surface area (Å²) in [5, 5.41) is 2.75. The zero-order valence-electron chi connectivity index (χ0n) is 8.91. The van der Waals surface area contributed by atoms with Crippen LogP contribution in [0.15, 0.2) is 30.3 Å². The number of nitrogens with one attached hydrogen (secondary N) is 1. The van der Waals surface area contributed by atoms with E-state index in [9.17, 15) is 4.79 Å². The van der Waals surface area contributed by atoms with Gasteiger partial charge in [-0.05, 0) is 12.1 Å². The Morgan fingerprint density at radius 3 is 2.21 bits per heavy atom. The zero-order chi connectivity index (χ0) is 10.8. The summed E-state index contributed by atoms with van der Waals surface area (Å²) in [4.78, 5) is 10.9. The molecule has 14 heavy (non-hydrogen) atoms. The summed E-state index contributed by atoms with van der Waals surface area (Å²) in [5.41, 5.74) is 0.861. The third kappa shape index (κ3) is 6.20. The number of hydrogen-bond acceptors (Lipinski definition) is 2. The Balaban J connectivity index is 0.000000500. The quantitative estimate of drug-likeness (QED) is 0.786. The first-order valence-electron chi connectivity index (χ1n) is 4.49. The van der Waals surface area contributed by atoms with E-state index in [1.54, 1.807) is 14.2 Å². The molecule has 1 aromatic rings. The minimum atomic E-state index is 0.0520. The van der Waals surface area contributed by atoms with Crippen molar-refractivity contribution in [1.29, 1.82) is 0 Å². The fraction of sp³-hybridized carbons (Fsp3) is 0.364. The molecule has 1 amide bonds. The van der Waals surface area contributed by atoms with Crippen LogP contribution >= 0.6 is 0 Å². The highest BCUT2D eigenvalue weighted by Gasteiger charge is 1.95. The first kappa shape index (κ1) is 12.7. The molecule has 0 heterocycles. The van der Waals surface area contributed by atoms with E-state index >= 15 is 0 Å². The largest absolute Gasteiger partial charge is 0.388 e. The van der Waals surface area contributed by atoms with Crippen molar-refractivity contribution < 1.29 is 9.53 Å². The number of para-hydroxylation sites is 1. The van der Waals surface area contributed by atoms with E-state index in [4.69, 9.17) is 0 Å². The van der Waals surface area contributed by atoms with Gasteiger partial charge in [-0.25, -0.2) is 0 Å². The van der Waals surface area contributed by atoms with Crippen molar-refractivity contribution >= 4 is 11.6 Å². The van der Waals surface area contributed by atoms with E-state index in [0.717, 1.165) is 5.69 Å². The van der Waals surface area contributed by atoms with Crippen LogP contribution in [0.2, 0.25) is 0 Å². The van der Waals surface area contributed by atoms with Crippen LogP contribution in [-0.2, 0) is 9.53 Å². The Kier molecular flexibility index (Phi) is 7.46. The molecule has 0 aliphatic carbocycles. The lowest BCUT2D eigenvalue weighted by atomic mass is 10.3. The smallest absolute Gasteiger partial charge is 0.224 e. The Morgan fingerprint density at radius 1 is 1.29 bits per heavy atom. The molecular formula is C11H17NO2. The first-order valence-corrected chi connectivity index (χ1v) is 4.49. The number of amides is 1. The lowest BCUT2D eigenvalue weighted by Crippen LogP contribution is -2.08. The van der Waals surface area contributed by atoms with E-state index in [2.05, 4.69) is 10.1 Å². The van der Waals surface area contributed by atoms with Crippen LogP contribution in [0.1, 0.15) is 13.3 Å². The third-order valence-corrected chi connectivity index (χ3v) is 1.38. The molecule has 0 aliphatic heterocycles. The van der Waals surface area contributed by atoms with Crippen LogP contribution in [-0.4, -0.2) is 20.1 Å². The molecule has 0 aromatic heterocycles. The van der Waals surface area contributed by atoms with Crippen molar-refractivity contribution in [3.63, 3.8) is 0 Å². The summed E-state index contributed by atoms with van der Waals surface area (Å²) < 4.78 is 4.25. The number of carbonyl (C=O) groups excluding carboxylic acids is 1. The summed E-state index contributed by atoms with van der Waals surface area (Å²) in [6, 6.07) is 9.44. The van der Waals surface area contributed by atoms with Gasteiger partial charge in [-0.2, -0.15) is 0 Å². The molecule has 0 spiro atoms. The van der Waals surface area contributed by atoms with Crippen molar-refractivity contribution in [2.45, 2.75) is 13.3 Å². The summed E-state index contributed by atoms with van der Waals surface area (Å²) in [7, 11) is 3.25. The number of rotatable bonds is 2. The molecule has 0 fully saturated rings. The second kappa shape index (κ2) is 8.26. The van der Waals surface area contributed by atoms with Gasteiger partial charge >= 0.3 is 0 Å². The standard InChI is InChI=1S/C9H11NO.C2H6O/c1-2-9(11)10-8-6-4-3-5-7-8;1-3-2/h3-7H,2H2,1H3,(H,10,11);1-2H3. The number of ether oxygens (including phenoxy) is 1.